The Bertz CT molecular complexity index is 484. The van der Waals surface area contributed by atoms with Crippen LogP contribution in [0.5, 0.6) is 0 Å². The van der Waals surface area contributed by atoms with Crippen LogP contribution in [0.2, 0.25) is 0 Å². The Morgan fingerprint density at radius 1 is 1.52 bits per heavy atom. The van der Waals surface area contributed by atoms with Gasteiger partial charge in [-0.2, -0.15) is 0 Å². The molecule has 6 nitrogen and oxygen atoms in total. The molecule has 0 bridgehead atoms. The fraction of sp³-hybridized carbons (Fsp3) is 0.467. The maximum Gasteiger partial charge on any atom is 0.264 e. The molecule has 1 aromatic carbocycles. The summed E-state index contributed by atoms with van der Waals surface area (Å²) in [6.07, 6.45) is 0.256. The SMILES string of the molecule is COCC(CCO)NC(=O)C1CC(c2ccccc2)=NO1. The Kier molecular flexibility index (Phi) is 5.71. The van der Waals surface area contributed by atoms with Crippen LogP contribution in [0, 0.1) is 0 Å². The highest BCUT2D eigenvalue weighted by molar-refractivity contribution is 6.04. The quantitative estimate of drug-likeness (QED) is 0.775. The number of carbonyl (C=O) groups excluding carboxylic acids is 1. The van der Waals surface area contributed by atoms with Gasteiger partial charge in [0.2, 0.25) is 6.10 Å². The molecule has 0 saturated carbocycles. The van der Waals surface area contributed by atoms with Crippen LogP contribution in [0.1, 0.15) is 18.4 Å². The third kappa shape index (κ3) is 4.27. The second kappa shape index (κ2) is 7.75. The van der Waals surface area contributed by atoms with Crippen molar-refractivity contribution in [3.8, 4) is 0 Å². The average Bonchev–Trinajstić information content (AvgIpc) is 2.98. The van der Waals surface area contributed by atoms with Crippen LogP contribution in [-0.4, -0.2) is 49.2 Å². The minimum atomic E-state index is -0.627. The molecular weight excluding hydrogens is 272 g/mol. The second-order valence-electron chi connectivity index (χ2n) is 4.88. The van der Waals surface area contributed by atoms with Gasteiger partial charge in [-0.1, -0.05) is 35.5 Å². The number of nitrogens with zero attached hydrogens (tertiary/aromatic N) is 1. The first-order valence-electron chi connectivity index (χ1n) is 6.93. The Balaban J connectivity index is 1.88. The molecule has 1 aliphatic heterocycles. The molecule has 2 N–H and O–H groups in total. The summed E-state index contributed by atoms with van der Waals surface area (Å²) in [5.74, 6) is -0.236. The van der Waals surface area contributed by atoms with E-state index in [-0.39, 0.29) is 18.6 Å². The van der Waals surface area contributed by atoms with Crippen molar-refractivity contribution in [1.29, 1.82) is 0 Å². The van der Waals surface area contributed by atoms with E-state index in [2.05, 4.69) is 10.5 Å². The molecule has 0 radical (unpaired) electrons. The van der Waals surface area contributed by atoms with Crippen LogP contribution in [0.15, 0.2) is 35.5 Å². The lowest BCUT2D eigenvalue weighted by atomic mass is 10.0. The molecule has 0 aromatic heterocycles. The number of benzene rings is 1. The van der Waals surface area contributed by atoms with E-state index in [1.807, 2.05) is 30.3 Å². The molecule has 21 heavy (non-hydrogen) atoms. The largest absolute Gasteiger partial charge is 0.396 e. The lowest BCUT2D eigenvalue weighted by Gasteiger charge is -2.18. The van der Waals surface area contributed by atoms with E-state index in [1.54, 1.807) is 7.11 Å². The molecule has 1 aromatic rings. The molecule has 0 spiro atoms. The van der Waals surface area contributed by atoms with E-state index in [0.29, 0.717) is 19.4 Å². The van der Waals surface area contributed by atoms with E-state index in [0.717, 1.165) is 11.3 Å². The number of hydrogen-bond acceptors (Lipinski definition) is 5. The van der Waals surface area contributed by atoms with Gasteiger partial charge in [0.15, 0.2) is 0 Å². The summed E-state index contributed by atoms with van der Waals surface area (Å²) in [6, 6.07) is 9.40. The van der Waals surface area contributed by atoms with Gasteiger partial charge in [-0.15, -0.1) is 0 Å². The predicted molar refractivity (Wildman–Crippen MR) is 78.0 cm³/mol. The smallest absolute Gasteiger partial charge is 0.264 e. The summed E-state index contributed by atoms with van der Waals surface area (Å²) >= 11 is 0. The zero-order valence-corrected chi connectivity index (χ0v) is 12.0. The summed E-state index contributed by atoms with van der Waals surface area (Å²) in [5.41, 5.74) is 1.72. The molecule has 114 valence electrons. The van der Waals surface area contributed by atoms with Crippen LogP contribution in [0.3, 0.4) is 0 Å². The van der Waals surface area contributed by atoms with Gasteiger partial charge in [0.1, 0.15) is 0 Å². The summed E-state index contributed by atoms with van der Waals surface area (Å²) in [7, 11) is 1.55. The minimum absolute atomic E-state index is 0.00834. The number of rotatable bonds is 7. The topological polar surface area (TPSA) is 80.2 Å². The summed E-state index contributed by atoms with van der Waals surface area (Å²) in [6.45, 7) is 0.344. The zero-order chi connectivity index (χ0) is 15.1. The summed E-state index contributed by atoms with van der Waals surface area (Å²) in [4.78, 5) is 17.3. The number of carbonyl (C=O) groups is 1. The normalized spacial score (nSPS) is 18.8. The maximum absolute atomic E-state index is 12.1. The monoisotopic (exact) mass is 292 g/mol. The van der Waals surface area contributed by atoms with Crippen LogP contribution in [0.25, 0.3) is 0 Å². The highest BCUT2D eigenvalue weighted by Gasteiger charge is 2.30. The number of amides is 1. The van der Waals surface area contributed by atoms with E-state index in [1.165, 1.54) is 0 Å². The van der Waals surface area contributed by atoms with E-state index in [9.17, 15) is 4.79 Å². The van der Waals surface area contributed by atoms with Crippen LogP contribution < -0.4 is 5.32 Å². The predicted octanol–water partition coefficient (Wildman–Crippen LogP) is 0.693. The van der Waals surface area contributed by atoms with Gasteiger partial charge in [-0.25, -0.2) is 0 Å². The van der Waals surface area contributed by atoms with Gasteiger partial charge in [0.25, 0.3) is 5.91 Å². The van der Waals surface area contributed by atoms with Crippen LogP contribution >= 0.6 is 0 Å². The van der Waals surface area contributed by atoms with Crippen LogP contribution in [0.4, 0.5) is 0 Å². The van der Waals surface area contributed by atoms with Gasteiger partial charge in [0, 0.05) is 20.1 Å². The van der Waals surface area contributed by atoms with Crippen molar-refractivity contribution in [2.45, 2.75) is 25.0 Å². The molecule has 1 heterocycles. The number of aliphatic hydroxyl groups excluding tert-OH is 1. The third-order valence-corrected chi connectivity index (χ3v) is 3.26. The lowest BCUT2D eigenvalue weighted by Crippen LogP contribution is -2.44. The Morgan fingerprint density at radius 3 is 2.95 bits per heavy atom. The Hall–Kier alpha value is -1.92. The number of hydrogen-bond donors (Lipinski definition) is 2. The standard InChI is InChI=1S/C15H20N2O4/c1-20-10-12(7-8-18)16-15(19)14-9-13(17-21-14)11-5-3-2-4-6-11/h2-6,12,14,18H,7-10H2,1H3,(H,16,19). The highest BCUT2D eigenvalue weighted by Crippen LogP contribution is 2.16. The first kappa shape index (κ1) is 15.5. The first-order chi connectivity index (χ1) is 10.2. The van der Waals surface area contributed by atoms with Gasteiger partial charge >= 0.3 is 0 Å². The van der Waals surface area contributed by atoms with Gasteiger partial charge in [-0.3, -0.25) is 4.79 Å². The van der Waals surface area contributed by atoms with Crippen molar-refractivity contribution in [2.75, 3.05) is 20.3 Å². The van der Waals surface area contributed by atoms with Gasteiger partial charge in [-0.05, 0) is 12.0 Å². The third-order valence-electron chi connectivity index (χ3n) is 3.26. The fourth-order valence-electron chi connectivity index (χ4n) is 2.17. The number of methoxy groups -OCH3 is 1. The van der Waals surface area contributed by atoms with Crippen molar-refractivity contribution >= 4 is 11.6 Å². The second-order valence-corrected chi connectivity index (χ2v) is 4.88. The molecule has 1 aliphatic rings. The molecule has 6 heteroatoms. The van der Waals surface area contributed by atoms with Gasteiger partial charge < -0.3 is 20.0 Å². The summed E-state index contributed by atoms with van der Waals surface area (Å²) < 4.78 is 5.02. The first-order valence-corrected chi connectivity index (χ1v) is 6.93. The number of nitrogens with one attached hydrogen (secondary N) is 1. The fourth-order valence-corrected chi connectivity index (χ4v) is 2.17. The highest BCUT2D eigenvalue weighted by atomic mass is 16.6. The van der Waals surface area contributed by atoms with E-state index in [4.69, 9.17) is 14.7 Å². The number of oxime groups is 1. The van der Waals surface area contributed by atoms with E-state index >= 15 is 0 Å². The molecule has 2 atom stereocenters. The molecular formula is C15H20N2O4. The Labute approximate surface area is 123 Å². The van der Waals surface area contributed by atoms with Crippen molar-refractivity contribution in [2.24, 2.45) is 5.16 Å². The molecule has 0 saturated heterocycles. The number of ether oxygens (including phenoxy) is 1. The minimum Gasteiger partial charge on any atom is -0.396 e. The average molecular weight is 292 g/mol. The van der Waals surface area contributed by atoms with Crippen molar-refractivity contribution < 1.29 is 19.5 Å². The maximum atomic E-state index is 12.1. The molecule has 0 aliphatic carbocycles. The van der Waals surface area contributed by atoms with Crippen molar-refractivity contribution in [3.63, 3.8) is 0 Å². The molecule has 2 rings (SSSR count). The molecule has 2 unspecified atom stereocenters. The zero-order valence-electron chi connectivity index (χ0n) is 12.0. The summed E-state index contributed by atoms with van der Waals surface area (Å²) in [5, 5.41) is 15.8. The van der Waals surface area contributed by atoms with Crippen LogP contribution in [-0.2, 0) is 14.4 Å². The Morgan fingerprint density at radius 2 is 2.29 bits per heavy atom. The molecule has 1 amide bonds. The number of aliphatic hydroxyl groups is 1. The molecule has 0 fully saturated rings. The van der Waals surface area contributed by atoms with Gasteiger partial charge in [0.05, 0.1) is 18.4 Å². The van der Waals surface area contributed by atoms with E-state index < -0.39 is 6.10 Å². The lowest BCUT2D eigenvalue weighted by molar-refractivity contribution is -0.132. The van der Waals surface area contributed by atoms with Crippen molar-refractivity contribution in [3.05, 3.63) is 35.9 Å². The van der Waals surface area contributed by atoms with Crippen molar-refractivity contribution in [1.82, 2.24) is 5.32 Å².